The Morgan fingerprint density at radius 1 is 1.11 bits per heavy atom. The molecule has 0 saturated carbocycles. The van der Waals surface area contributed by atoms with E-state index >= 15 is 0 Å². The first kappa shape index (κ1) is 20.0. The molecule has 0 aliphatic heterocycles. The van der Waals surface area contributed by atoms with Crippen LogP contribution in [0.2, 0.25) is 5.02 Å². The van der Waals surface area contributed by atoms with Crippen LogP contribution in [0.4, 0.5) is 0 Å². The van der Waals surface area contributed by atoms with Crippen molar-refractivity contribution >= 4 is 34.8 Å². The van der Waals surface area contributed by atoms with Crippen LogP contribution >= 0.6 is 22.9 Å². The maximum Gasteiger partial charge on any atom is 0.253 e. The average Bonchev–Trinajstić information content (AvgIpc) is 3.07. The van der Waals surface area contributed by atoms with Crippen LogP contribution in [-0.4, -0.2) is 22.8 Å². The Morgan fingerprint density at radius 2 is 1.79 bits per heavy atom. The van der Waals surface area contributed by atoms with Gasteiger partial charge in [0, 0.05) is 10.4 Å². The predicted octanol–water partition coefficient (Wildman–Crippen LogP) is 4.21. The number of carbonyl (C=O) groups is 2. The van der Waals surface area contributed by atoms with Gasteiger partial charge in [-0.2, -0.15) is 0 Å². The van der Waals surface area contributed by atoms with Gasteiger partial charge in [-0.25, -0.2) is 4.98 Å². The van der Waals surface area contributed by atoms with Crippen molar-refractivity contribution in [3.63, 3.8) is 0 Å². The lowest BCUT2D eigenvalue weighted by Crippen LogP contribution is -2.44. The molecule has 2 amide bonds. The van der Waals surface area contributed by atoms with E-state index in [1.54, 1.807) is 42.5 Å². The molecule has 0 spiro atoms. The molecule has 144 valence electrons. The zero-order valence-corrected chi connectivity index (χ0v) is 17.1. The maximum atomic E-state index is 12.4. The van der Waals surface area contributed by atoms with E-state index in [0.717, 1.165) is 21.1 Å². The number of amides is 2. The van der Waals surface area contributed by atoms with Gasteiger partial charge in [0.15, 0.2) is 0 Å². The monoisotopic (exact) mass is 413 g/mol. The molecule has 1 atom stereocenters. The Bertz CT molecular complexity index is 988. The molecule has 7 heteroatoms. The molecule has 28 heavy (non-hydrogen) atoms. The minimum absolute atomic E-state index is 0.269. The van der Waals surface area contributed by atoms with Crippen LogP contribution in [0.1, 0.15) is 27.9 Å². The Labute approximate surface area is 172 Å². The topological polar surface area (TPSA) is 71.1 Å². The number of nitrogens with one attached hydrogen (secondary N) is 2. The lowest BCUT2D eigenvalue weighted by Gasteiger charge is -2.14. The number of thiazole rings is 1. The predicted molar refractivity (Wildman–Crippen MR) is 113 cm³/mol. The van der Waals surface area contributed by atoms with Crippen molar-refractivity contribution in [3.05, 3.63) is 75.8 Å². The molecule has 3 aromatic rings. The summed E-state index contributed by atoms with van der Waals surface area (Å²) in [5, 5.41) is 6.80. The van der Waals surface area contributed by atoms with E-state index < -0.39 is 6.04 Å². The number of aryl methyl sites for hydroxylation is 1. The lowest BCUT2D eigenvalue weighted by molar-refractivity contribution is -0.122. The smallest absolute Gasteiger partial charge is 0.253 e. The summed E-state index contributed by atoms with van der Waals surface area (Å²) in [4.78, 5) is 30.2. The van der Waals surface area contributed by atoms with Gasteiger partial charge in [0.25, 0.3) is 5.91 Å². The Hall–Kier alpha value is -2.70. The van der Waals surface area contributed by atoms with E-state index in [1.807, 2.05) is 37.3 Å². The minimum atomic E-state index is -0.689. The van der Waals surface area contributed by atoms with Crippen molar-refractivity contribution in [2.24, 2.45) is 0 Å². The second kappa shape index (κ2) is 8.99. The van der Waals surface area contributed by atoms with Crippen molar-refractivity contribution in [2.75, 3.05) is 0 Å². The van der Waals surface area contributed by atoms with E-state index in [2.05, 4.69) is 15.6 Å². The standard InChI is InChI=1S/C21H20ClN3O2S/c1-13-18(28-21(25-13)15-8-4-3-5-9-15)12-23-19(26)14(2)24-20(27)16-10-6-7-11-17(16)22/h3-11,14H,12H2,1-2H3,(H,23,26)(H,24,27). The first-order chi connectivity index (χ1) is 13.5. The molecule has 0 aliphatic carbocycles. The number of halogens is 1. The number of carbonyl (C=O) groups excluding carboxylic acids is 2. The fourth-order valence-electron chi connectivity index (χ4n) is 2.60. The fourth-order valence-corrected chi connectivity index (χ4v) is 3.83. The van der Waals surface area contributed by atoms with Gasteiger partial charge in [0.2, 0.25) is 5.91 Å². The third-order valence-corrected chi connectivity index (χ3v) is 5.73. The van der Waals surface area contributed by atoms with E-state index in [0.29, 0.717) is 17.1 Å². The van der Waals surface area contributed by atoms with E-state index in [4.69, 9.17) is 11.6 Å². The molecule has 0 fully saturated rings. The lowest BCUT2D eigenvalue weighted by atomic mass is 10.2. The molecular weight excluding hydrogens is 394 g/mol. The highest BCUT2D eigenvalue weighted by Gasteiger charge is 2.18. The summed E-state index contributed by atoms with van der Waals surface area (Å²) in [6.07, 6.45) is 0. The van der Waals surface area contributed by atoms with Crippen LogP contribution in [-0.2, 0) is 11.3 Å². The molecule has 5 nitrogen and oxygen atoms in total. The molecule has 0 radical (unpaired) electrons. The number of benzene rings is 2. The first-order valence-corrected chi connectivity index (χ1v) is 10.00. The quantitative estimate of drug-likeness (QED) is 0.636. The average molecular weight is 414 g/mol. The van der Waals surface area contributed by atoms with Crippen molar-refractivity contribution in [2.45, 2.75) is 26.4 Å². The van der Waals surface area contributed by atoms with Crippen molar-refractivity contribution in [1.29, 1.82) is 0 Å². The first-order valence-electron chi connectivity index (χ1n) is 8.80. The van der Waals surface area contributed by atoms with Gasteiger partial charge in [-0.3, -0.25) is 9.59 Å². The van der Waals surface area contributed by atoms with Crippen LogP contribution in [0.25, 0.3) is 10.6 Å². The molecule has 0 bridgehead atoms. The number of rotatable bonds is 6. The molecule has 0 saturated heterocycles. The second-order valence-corrected chi connectivity index (χ2v) is 7.78. The van der Waals surface area contributed by atoms with Crippen molar-refractivity contribution in [3.8, 4) is 10.6 Å². The van der Waals surface area contributed by atoms with Gasteiger partial charge in [-0.15, -0.1) is 11.3 Å². The summed E-state index contributed by atoms with van der Waals surface area (Å²) in [6.45, 7) is 3.92. The summed E-state index contributed by atoms with van der Waals surface area (Å²) in [5.41, 5.74) is 2.28. The molecule has 2 aromatic carbocycles. The van der Waals surface area contributed by atoms with Crippen LogP contribution < -0.4 is 10.6 Å². The Balaban J connectivity index is 1.59. The summed E-state index contributed by atoms with van der Waals surface area (Å²) in [5.74, 6) is -0.650. The van der Waals surface area contributed by atoms with Gasteiger partial charge >= 0.3 is 0 Å². The summed E-state index contributed by atoms with van der Waals surface area (Å²) >= 11 is 7.58. The summed E-state index contributed by atoms with van der Waals surface area (Å²) in [7, 11) is 0. The van der Waals surface area contributed by atoms with E-state index in [-0.39, 0.29) is 11.8 Å². The van der Waals surface area contributed by atoms with Crippen LogP contribution in [0, 0.1) is 6.92 Å². The Kier molecular flexibility index (Phi) is 6.44. The largest absolute Gasteiger partial charge is 0.349 e. The van der Waals surface area contributed by atoms with Gasteiger partial charge in [0.1, 0.15) is 11.0 Å². The maximum absolute atomic E-state index is 12.4. The normalized spacial score (nSPS) is 11.7. The van der Waals surface area contributed by atoms with Crippen LogP contribution in [0.15, 0.2) is 54.6 Å². The van der Waals surface area contributed by atoms with Crippen LogP contribution in [0.3, 0.4) is 0 Å². The summed E-state index contributed by atoms with van der Waals surface area (Å²) in [6, 6.07) is 16.0. The SMILES string of the molecule is Cc1nc(-c2ccccc2)sc1CNC(=O)C(C)NC(=O)c1ccccc1Cl. The molecule has 1 heterocycles. The highest BCUT2D eigenvalue weighted by Crippen LogP contribution is 2.27. The molecule has 1 aromatic heterocycles. The molecule has 2 N–H and O–H groups in total. The number of nitrogens with zero attached hydrogens (tertiary/aromatic N) is 1. The number of aromatic nitrogens is 1. The molecule has 1 unspecified atom stereocenters. The number of hydrogen-bond acceptors (Lipinski definition) is 4. The highest BCUT2D eigenvalue weighted by molar-refractivity contribution is 7.15. The van der Waals surface area contributed by atoms with Crippen LogP contribution in [0.5, 0.6) is 0 Å². The second-order valence-electron chi connectivity index (χ2n) is 6.29. The van der Waals surface area contributed by atoms with Gasteiger partial charge in [-0.1, -0.05) is 54.1 Å². The fraction of sp³-hybridized carbons (Fsp3) is 0.190. The zero-order valence-electron chi connectivity index (χ0n) is 15.5. The highest BCUT2D eigenvalue weighted by atomic mass is 35.5. The molecule has 3 rings (SSSR count). The zero-order chi connectivity index (χ0) is 20.1. The third kappa shape index (κ3) is 4.77. The van der Waals surface area contributed by atoms with Gasteiger partial charge in [0.05, 0.1) is 22.8 Å². The number of hydrogen-bond donors (Lipinski definition) is 2. The van der Waals surface area contributed by atoms with Crippen molar-refractivity contribution in [1.82, 2.24) is 15.6 Å². The van der Waals surface area contributed by atoms with E-state index in [1.165, 1.54) is 0 Å². The minimum Gasteiger partial charge on any atom is -0.349 e. The van der Waals surface area contributed by atoms with Gasteiger partial charge in [-0.05, 0) is 26.0 Å². The summed E-state index contributed by atoms with van der Waals surface area (Å²) < 4.78 is 0. The third-order valence-electron chi connectivity index (χ3n) is 4.20. The van der Waals surface area contributed by atoms with E-state index in [9.17, 15) is 9.59 Å². The Morgan fingerprint density at radius 3 is 2.50 bits per heavy atom. The van der Waals surface area contributed by atoms with Gasteiger partial charge < -0.3 is 10.6 Å². The molecular formula is C21H20ClN3O2S. The molecule has 0 aliphatic rings. The van der Waals surface area contributed by atoms with Crippen molar-refractivity contribution < 1.29 is 9.59 Å².